The lowest BCUT2D eigenvalue weighted by Crippen LogP contribution is -2.25. The van der Waals surface area contributed by atoms with Crippen LogP contribution >= 0.6 is 0 Å². The first kappa shape index (κ1) is 20.2. The van der Waals surface area contributed by atoms with Crippen molar-refractivity contribution in [1.29, 1.82) is 0 Å². The maximum Gasteiger partial charge on any atom is 0.344 e. The highest BCUT2D eigenvalue weighted by atomic mass is 16.6. The molecular formula is C17H26O7. The summed E-state index contributed by atoms with van der Waals surface area (Å²) in [5.74, 6) is -1.99. The predicted molar refractivity (Wildman–Crippen MR) is 85.1 cm³/mol. The second kappa shape index (κ2) is 11.6. The lowest BCUT2D eigenvalue weighted by Gasteiger charge is -2.21. The molecule has 7 nitrogen and oxygen atoms in total. The number of hydrogen-bond donors (Lipinski definition) is 0. The van der Waals surface area contributed by atoms with Gasteiger partial charge in [-0.2, -0.15) is 0 Å². The van der Waals surface area contributed by atoms with Gasteiger partial charge in [-0.15, -0.1) is 0 Å². The summed E-state index contributed by atoms with van der Waals surface area (Å²) in [5.41, 5.74) is -0.0677. The maximum absolute atomic E-state index is 11.7. The van der Waals surface area contributed by atoms with Crippen LogP contribution < -0.4 is 0 Å². The molecule has 0 heterocycles. The van der Waals surface area contributed by atoms with E-state index < -0.39 is 24.5 Å². The van der Waals surface area contributed by atoms with Gasteiger partial charge in [-0.3, -0.25) is 4.79 Å². The van der Waals surface area contributed by atoms with Gasteiger partial charge in [0, 0.05) is 12.2 Å². The van der Waals surface area contributed by atoms with E-state index >= 15 is 0 Å². The Morgan fingerprint density at radius 1 is 1.00 bits per heavy atom. The second-order valence-corrected chi connectivity index (χ2v) is 5.52. The van der Waals surface area contributed by atoms with Crippen LogP contribution in [0, 0.1) is 0 Å². The summed E-state index contributed by atoms with van der Waals surface area (Å²) in [5, 5.41) is 0. The molecule has 1 aliphatic rings. The zero-order valence-corrected chi connectivity index (χ0v) is 14.2. The van der Waals surface area contributed by atoms with Crippen molar-refractivity contribution >= 4 is 17.9 Å². The molecule has 136 valence electrons. The van der Waals surface area contributed by atoms with Gasteiger partial charge >= 0.3 is 17.9 Å². The average Bonchev–Trinajstić information content (AvgIpc) is 2.57. The van der Waals surface area contributed by atoms with E-state index in [9.17, 15) is 14.4 Å². The Hall–Kier alpha value is -1.89. The van der Waals surface area contributed by atoms with Gasteiger partial charge in [0.15, 0.2) is 6.61 Å². The number of esters is 3. The van der Waals surface area contributed by atoms with Crippen molar-refractivity contribution in [3.63, 3.8) is 0 Å². The van der Waals surface area contributed by atoms with Crippen LogP contribution in [-0.4, -0.2) is 50.4 Å². The van der Waals surface area contributed by atoms with Crippen molar-refractivity contribution in [2.45, 2.75) is 51.6 Å². The molecule has 1 fully saturated rings. The molecule has 0 bridgehead atoms. The monoisotopic (exact) mass is 342 g/mol. The van der Waals surface area contributed by atoms with Gasteiger partial charge in [-0.1, -0.05) is 13.0 Å². The van der Waals surface area contributed by atoms with Crippen LogP contribution in [0.25, 0.3) is 0 Å². The van der Waals surface area contributed by atoms with Gasteiger partial charge in [0.1, 0.15) is 12.7 Å². The summed E-state index contributed by atoms with van der Waals surface area (Å²) in [7, 11) is 0. The summed E-state index contributed by atoms with van der Waals surface area (Å²) in [4.78, 5) is 34.8. The third kappa shape index (κ3) is 8.67. The fourth-order valence-electron chi connectivity index (χ4n) is 2.29. The third-order valence-corrected chi connectivity index (χ3v) is 3.51. The highest BCUT2D eigenvalue weighted by Gasteiger charge is 2.20. The highest BCUT2D eigenvalue weighted by Crippen LogP contribution is 2.20. The zero-order chi connectivity index (χ0) is 17.8. The topological polar surface area (TPSA) is 88.1 Å². The number of hydrogen-bond acceptors (Lipinski definition) is 7. The van der Waals surface area contributed by atoms with Crippen molar-refractivity contribution in [2.24, 2.45) is 0 Å². The molecule has 0 aromatic rings. The normalized spacial score (nSPS) is 14.7. The molecule has 1 rings (SSSR count). The largest absolute Gasteiger partial charge is 0.463 e. The first-order valence-electron chi connectivity index (χ1n) is 8.30. The van der Waals surface area contributed by atoms with E-state index in [1.807, 2.05) is 6.92 Å². The minimum Gasteiger partial charge on any atom is -0.463 e. The van der Waals surface area contributed by atoms with Gasteiger partial charge in [0.25, 0.3) is 0 Å². The van der Waals surface area contributed by atoms with E-state index in [1.54, 1.807) is 0 Å². The minimum atomic E-state index is -0.808. The summed E-state index contributed by atoms with van der Waals surface area (Å²) < 4.78 is 19.9. The van der Waals surface area contributed by atoms with Crippen LogP contribution in [-0.2, 0) is 33.3 Å². The molecule has 1 aliphatic carbocycles. The molecule has 0 unspecified atom stereocenters. The van der Waals surface area contributed by atoms with Gasteiger partial charge in [0.2, 0.25) is 0 Å². The van der Waals surface area contributed by atoms with Crippen LogP contribution in [0.5, 0.6) is 0 Å². The van der Waals surface area contributed by atoms with Crippen molar-refractivity contribution in [2.75, 3.05) is 26.4 Å². The molecule has 0 atom stereocenters. The summed E-state index contributed by atoms with van der Waals surface area (Å²) in [6, 6.07) is 0. The molecule has 0 N–H and O–H groups in total. The van der Waals surface area contributed by atoms with Crippen LogP contribution in [0.3, 0.4) is 0 Å². The SMILES string of the molecule is C=C(CC(=O)OCCOCC)C(=O)OCC(=O)OC1CCCCC1. The van der Waals surface area contributed by atoms with Gasteiger partial charge in [-0.25, -0.2) is 9.59 Å². The van der Waals surface area contributed by atoms with E-state index in [0.717, 1.165) is 32.1 Å². The first-order valence-corrected chi connectivity index (χ1v) is 8.30. The standard InChI is InChI=1S/C17H26O7/c1-3-21-9-10-22-15(18)11-13(2)17(20)23-12-16(19)24-14-7-5-4-6-8-14/h14H,2-12H2,1H3. The van der Waals surface area contributed by atoms with Crippen LogP contribution in [0.2, 0.25) is 0 Å². The van der Waals surface area contributed by atoms with Crippen LogP contribution in [0.1, 0.15) is 45.4 Å². The maximum atomic E-state index is 11.7. The summed E-state index contributed by atoms with van der Waals surface area (Å²) in [6.07, 6.45) is 4.56. The molecular weight excluding hydrogens is 316 g/mol. The Morgan fingerprint density at radius 3 is 2.38 bits per heavy atom. The quantitative estimate of drug-likeness (QED) is 0.259. The Kier molecular flexibility index (Phi) is 9.76. The molecule has 0 aromatic heterocycles. The van der Waals surface area contributed by atoms with Crippen molar-refractivity contribution < 1.29 is 33.3 Å². The molecule has 0 radical (unpaired) electrons. The molecule has 0 saturated heterocycles. The first-order chi connectivity index (χ1) is 11.5. The van der Waals surface area contributed by atoms with Gasteiger partial charge in [-0.05, 0) is 32.6 Å². The average molecular weight is 342 g/mol. The molecule has 0 aliphatic heterocycles. The van der Waals surface area contributed by atoms with Gasteiger partial charge < -0.3 is 18.9 Å². The van der Waals surface area contributed by atoms with Crippen LogP contribution in [0.4, 0.5) is 0 Å². The predicted octanol–water partition coefficient (Wildman–Crippen LogP) is 1.93. The Balaban J connectivity index is 2.17. The Labute approximate surface area is 142 Å². The molecule has 0 spiro atoms. The van der Waals surface area contributed by atoms with Crippen molar-refractivity contribution in [3.8, 4) is 0 Å². The molecule has 7 heteroatoms. The summed E-state index contributed by atoms with van der Waals surface area (Å²) >= 11 is 0. The van der Waals surface area contributed by atoms with E-state index in [0.29, 0.717) is 13.2 Å². The second-order valence-electron chi connectivity index (χ2n) is 5.52. The van der Waals surface area contributed by atoms with Crippen molar-refractivity contribution in [1.82, 2.24) is 0 Å². The number of carbonyl (C=O) groups is 3. The van der Waals surface area contributed by atoms with E-state index in [2.05, 4.69) is 6.58 Å². The highest BCUT2D eigenvalue weighted by molar-refractivity contribution is 5.94. The minimum absolute atomic E-state index is 0.0677. The molecule has 0 amide bonds. The number of ether oxygens (including phenoxy) is 4. The lowest BCUT2D eigenvalue weighted by atomic mass is 9.98. The van der Waals surface area contributed by atoms with Crippen LogP contribution in [0.15, 0.2) is 12.2 Å². The smallest absolute Gasteiger partial charge is 0.344 e. The zero-order valence-electron chi connectivity index (χ0n) is 14.2. The number of rotatable bonds is 10. The van der Waals surface area contributed by atoms with E-state index in [4.69, 9.17) is 18.9 Å². The fourth-order valence-corrected chi connectivity index (χ4v) is 2.29. The Morgan fingerprint density at radius 2 is 1.71 bits per heavy atom. The lowest BCUT2D eigenvalue weighted by molar-refractivity contribution is -0.161. The fraction of sp³-hybridized carbons (Fsp3) is 0.706. The van der Waals surface area contributed by atoms with E-state index in [1.165, 1.54) is 0 Å². The van der Waals surface area contributed by atoms with Crippen molar-refractivity contribution in [3.05, 3.63) is 12.2 Å². The molecule has 24 heavy (non-hydrogen) atoms. The van der Waals surface area contributed by atoms with E-state index in [-0.39, 0.29) is 24.7 Å². The summed E-state index contributed by atoms with van der Waals surface area (Å²) in [6.45, 7) is 5.77. The third-order valence-electron chi connectivity index (χ3n) is 3.51. The van der Waals surface area contributed by atoms with Gasteiger partial charge in [0.05, 0.1) is 13.0 Å². The Bertz CT molecular complexity index is 438. The molecule has 1 saturated carbocycles. The molecule has 0 aromatic carbocycles. The number of carbonyl (C=O) groups excluding carboxylic acids is 3.